The van der Waals surface area contributed by atoms with Crippen molar-refractivity contribution in [2.75, 3.05) is 6.61 Å². The van der Waals surface area contributed by atoms with E-state index in [9.17, 15) is 9.59 Å². The zero-order chi connectivity index (χ0) is 13.8. The third-order valence-electron chi connectivity index (χ3n) is 2.94. The summed E-state index contributed by atoms with van der Waals surface area (Å²) in [5.41, 5.74) is 0. The highest BCUT2D eigenvalue weighted by atomic mass is 35.5. The van der Waals surface area contributed by atoms with Crippen LogP contribution in [-0.2, 0) is 14.3 Å². The van der Waals surface area contributed by atoms with Crippen LogP contribution in [0.15, 0.2) is 0 Å². The van der Waals surface area contributed by atoms with Crippen molar-refractivity contribution in [3.63, 3.8) is 0 Å². The van der Waals surface area contributed by atoms with Crippen molar-refractivity contribution in [2.45, 2.75) is 65.2 Å². The first-order chi connectivity index (χ1) is 8.59. The van der Waals surface area contributed by atoms with Crippen molar-refractivity contribution < 1.29 is 14.3 Å². The highest BCUT2D eigenvalue weighted by Crippen LogP contribution is 2.09. The lowest BCUT2D eigenvalue weighted by atomic mass is 10.1. The van der Waals surface area contributed by atoms with Crippen molar-refractivity contribution in [1.82, 2.24) is 0 Å². The van der Waals surface area contributed by atoms with Crippen molar-refractivity contribution in [2.24, 2.45) is 5.92 Å². The lowest BCUT2D eigenvalue weighted by Gasteiger charge is -2.07. The molecule has 1 unspecified atom stereocenters. The molecule has 0 bridgehead atoms. The Morgan fingerprint density at radius 1 is 1.00 bits per heavy atom. The van der Waals surface area contributed by atoms with Gasteiger partial charge in [0, 0.05) is 0 Å². The second kappa shape index (κ2) is 11.5. The third kappa shape index (κ3) is 9.46. The number of esters is 1. The highest BCUT2D eigenvalue weighted by Gasteiger charge is 2.20. The number of halogens is 1. The quantitative estimate of drug-likeness (QED) is 0.247. The minimum Gasteiger partial charge on any atom is -0.465 e. The summed E-state index contributed by atoms with van der Waals surface area (Å²) in [6.45, 7) is 4.06. The van der Waals surface area contributed by atoms with Crippen LogP contribution in [0.4, 0.5) is 0 Å². The number of hydrogen-bond acceptors (Lipinski definition) is 3. The maximum Gasteiger partial charge on any atom is 0.317 e. The molecule has 0 saturated heterocycles. The van der Waals surface area contributed by atoms with Gasteiger partial charge in [0.25, 0.3) is 0 Å². The molecule has 0 aliphatic heterocycles. The summed E-state index contributed by atoms with van der Waals surface area (Å²) in [6, 6.07) is 0. The second-order valence-corrected chi connectivity index (χ2v) is 5.04. The van der Waals surface area contributed by atoms with Gasteiger partial charge in [-0.15, -0.1) is 0 Å². The lowest BCUT2D eigenvalue weighted by Crippen LogP contribution is -2.20. The van der Waals surface area contributed by atoms with Gasteiger partial charge in [-0.3, -0.25) is 9.59 Å². The number of hydrogen-bond donors (Lipinski definition) is 0. The molecule has 18 heavy (non-hydrogen) atoms. The Morgan fingerprint density at radius 3 is 2.00 bits per heavy atom. The van der Waals surface area contributed by atoms with E-state index in [1.54, 1.807) is 0 Å². The summed E-state index contributed by atoms with van der Waals surface area (Å²) in [6.07, 6.45) is 9.59. The molecule has 0 aliphatic rings. The fourth-order valence-electron chi connectivity index (χ4n) is 1.63. The zero-order valence-corrected chi connectivity index (χ0v) is 12.3. The molecule has 0 rings (SSSR count). The zero-order valence-electron chi connectivity index (χ0n) is 11.5. The van der Waals surface area contributed by atoms with Gasteiger partial charge in [0.2, 0.25) is 5.24 Å². The SMILES string of the molecule is CCCCCCCCCCOC(=O)C(C)C(=O)Cl. The Hall–Kier alpha value is -0.570. The third-order valence-corrected chi connectivity index (χ3v) is 3.26. The van der Waals surface area contributed by atoms with E-state index < -0.39 is 17.1 Å². The number of ether oxygens (including phenoxy) is 1. The maximum atomic E-state index is 11.3. The monoisotopic (exact) mass is 276 g/mol. The van der Waals surface area contributed by atoms with Gasteiger partial charge in [-0.1, -0.05) is 51.9 Å². The van der Waals surface area contributed by atoms with Crippen LogP contribution in [-0.4, -0.2) is 17.8 Å². The smallest absolute Gasteiger partial charge is 0.317 e. The van der Waals surface area contributed by atoms with Crippen LogP contribution in [0.25, 0.3) is 0 Å². The molecule has 0 heterocycles. The summed E-state index contributed by atoms with van der Waals surface area (Å²) in [4.78, 5) is 22.0. The molecule has 0 aromatic heterocycles. The van der Waals surface area contributed by atoms with Crippen molar-refractivity contribution in [3.05, 3.63) is 0 Å². The Balaban J connectivity index is 3.30. The minimum atomic E-state index is -0.847. The van der Waals surface area contributed by atoms with Crippen LogP contribution in [0.2, 0.25) is 0 Å². The van der Waals surface area contributed by atoms with Crippen LogP contribution in [0.3, 0.4) is 0 Å². The summed E-state index contributed by atoms with van der Waals surface area (Å²) in [5, 5.41) is -0.657. The number of carbonyl (C=O) groups excluding carboxylic acids is 2. The Morgan fingerprint density at radius 2 is 1.50 bits per heavy atom. The Bertz CT molecular complexity index is 241. The molecule has 0 aromatic rings. The summed E-state index contributed by atoms with van der Waals surface area (Å²) < 4.78 is 4.97. The second-order valence-electron chi connectivity index (χ2n) is 4.67. The van der Waals surface area contributed by atoms with Crippen molar-refractivity contribution >= 4 is 22.8 Å². The van der Waals surface area contributed by atoms with E-state index in [4.69, 9.17) is 16.3 Å². The van der Waals surface area contributed by atoms with Gasteiger partial charge in [-0.2, -0.15) is 0 Å². The molecule has 0 spiro atoms. The summed E-state index contributed by atoms with van der Waals surface area (Å²) in [7, 11) is 0. The van der Waals surface area contributed by atoms with Gasteiger partial charge in [0.15, 0.2) is 0 Å². The van der Waals surface area contributed by atoms with E-state index in [0.717, 1.165) is 12.8 Å². The molecule has 4 heteroatoms. The molecule has 0 aliphatic carbocycles. The molecule has 106 valence electrons. The fourth-order valence-corrected chi connectivity index (χ4v) is 1.72. The maximum absolute atomic E-state index is 11.3. The Kier molecular flexibility index (Phi) is 11.2. The minimum absolute atomic E-state index is 0.391. The van der Waals surface area contributed by atoms with Crippen LogP contribution >= 0.6 is 11.6 Å². The fraction of sp³-hybridized carbons (Fsp3) is 0.857. The predicted octanol–water partition coefficient (Wildman–Crippen LogP) is 4.07. The normalized spacial score (nSPS) is 12.2. The average molecular weight is 277 g/mol. The van der Waals surface area contributed by atoms with E-state index in [0.29, 0.717) is 6.61 Å². The topological polar surface area (TPSA) is 43.4 Å². The number of carbonyl (C=O) groups is 2. The van der Waals surface area contributed by atoms with Gasteiger partial charge in [0.1, 0.15) is 5.92 Å². The van der Waals surface area contributed by atoms with E-state index >= 15 is 0 Å². The first-order valence-corrected chi connectivity index (χ1v) is 7.33. The lowest BCUT2D eigenvalue weighted by molar-refractivity contribution is -0.149. The molecule has 0 radical (unpaired) electrons. The van der Waals surface area contributed by atoms with Crippen LogP contribution in [0.5, 0.6) is 0 Å². The molecule has 3 nitrogen and oxygen atoms in total. The van der Waals surface area contributed by atoms with Crippen LogP contribution < -0.4 is 0 Å². The molecule has 0 amide bonds. The molecular weight excluding hydrogens is 252 g/mol. The van der Waals surface area contributed by atoms with Crippen molar-refractivity contribution in [3.8, 4) is 0 Å². The number of rotatable bonds is 11. The van der Waals surface area contributed by atoms with E-state index in [1.807, 2.05) is 0 Å². The van der Waals surface area contributed by atoms with Gasteiger partial charge in [-0.25, -0.2) is 0 Å². The molecule has 0 aromatic carbocycles. The van der Waals surface area contributed by atoms with Crippen molar-refractivity contribution in [1.29, 1.82) is 0 Å². The standard InChI is InChI=1S/C14H25ClO3/c1-3-4-5-6-7-8-9-10-11-18-14(17)12(2)13(15)16/h12H,3-11H2,1-2H3. The molecule has 1 atom stereocenters. The first kappa shape index (κ1) is 17.4. The van der Waals surface area contributed by atoms with Crippen LogP contribution in [0, 0.1) is 5.92 Å². The van der Waals surface area contributed by atoms with E-state index in [-0.39, 0.29) is 0 Å². The average Bonchev–Trinajstić information content (AvgIpc) is 2.35. The van der Waals surface area contributed by atoms with Gasteiger partial charge < -0.3 is 4.74 Å². The number of unbranched alkanes of at least 4 members (excludes halogenated alkanes) is 7. The molecule has 0 N–H and O–H groups in total. The van der Waals surface area contributed by atoms with Gasteiger partial charge >= 0.3 is 5.97 Å². The first-order valence-electron chi connectivity index (χ1n) is 6.95. The van der Waals surface area contributed by atoms with Crippen LogP contribution in [0.1, 0.15) is 65.2 Å². The highest BCUT2D eigenvalue weighted by molar-refractivity contribution is 6.65. The Labute approximate surface area is 115 Å². The molecule has 0 saturated carbocycles. The van der Waals surface area contributed by atoms with Gasteiger partial charge in [0.05, 0.1) is 6.61 Å². The van der Waals surface area contributed by atoms with E-state index in [2.05, 4.69) is 6.92 Å². The summed E-state index contributed by atoms with van der Waals surface area (Å²) >= 11 is 5.21. The molecule has 0 fully saturated rings. The van der Waals surface area contributed by atoms with Gasteiger partial charge in [-0.05, 0) is 24.9 Å². The largest absolute Gasteiger partial charge is 0.465 e. The predicted molar refractivity (Wildman–Crippen MR) is 73.6 cm³/mol. The summed E-state index contributed by atoms with van der Waals surface area (Å²) in [5.74, 6) is -1.36. The van der Waals surface area contributed by atoms with E-state index in [1.165, 1.54) is 45.4 Å². The molecular formula is C14H25ClO3.